The lowest BCUT2D eigenvalue weighted by Gasteiger charge is -2.07. The highest BCUT2D eigenvalue weighted by molar-refractivity contribution is 7.91. The summed E-state index contributed by atoms with van der Waals surface area (Å²) >= 11 is 0. The third kappa shape index (κ3) is 2.74. The van der Waals surface area contributed by atoms with E-state index in [0.29, 0.717) is 0 Å². The van der Waals surface area contributed by atoms with Crippen LogP contribution in [0.5, 0.6) is 0 Å². The molecule has 1 heterocycles. The van der Waals surface area contributed by atoms with E-state index in [0.717, 1.165) is 5.56 Å². The third-order valence-corrected chi connectivity index (χ3v) is 4.06. The van der Waals surface area contributed by atoms with Crippen LogP contribution in [-0.2, 0) is 16.4 Å². The summed E-state index contributed by atoms with van der Waals surface area (Å²) < 4.78 is 23.3. The molecule has 0 fully saturated rings. The Morgan fingerprint density at radius 1 is 1.47 bits per heavy atom. The van der Waals surface area contributed by atoms with Crippen LogP contribution in [0.1, 0.15) is 19.4 Å². The van der Waals surface area contributed by atoms with Crippen molar-refractivity contribution in [2.24, 2.45) is 0 Å². The molecule has 0 spiro atoms. The van der Waals surface area contributed by atoms with Gasteiger partial charge in [0.15, 0.2) is 14.9 Å². The molecule has 1 rings (SSSR count). The molecule has 1 aromatic rings. The van der Waals surface area contributed by atoms with Gasteiger partial charge in [0.2, 0.25) is 0 Å². The second kappa shape index (κ2) is 4.69. The monoisotopic (exact) mass is 230 g/mol. The molecule has 0 saturated carbocycles. The number of nitrogens with one attached hydrogen (secondary N) is 1. The maximum Gasteiger partial charge on any atom is 0.197 e. The molecule has 0 aliphatic carbocycles. The zero-order valence-electron chi connectivity index (χ0n) is 8.64. The quantitative estimate of drug-likeness (QED) is 0.746. The minimum absolute atomic E-state index is 0.0687. The Labute approximate surface area is 89.0 Å². The van der Waals surface area contributed by atoms with Crippen molar-refractivity contribution in [2.75, 3.05) is 0 Å². The fraction of sp³-hybridized carbons (Fsp3) is 0.444. The van der Waals surface area contributed by atoms with Crippen LogP contribution in [0, 0.1) is 0 Å². The molecule has 0 aromatic carbocycles. The van der Waals surface area contributed by atoms with Gasteiger partial charge in [0.25, 0.3) is 0 Å². The summed E-state index contributed by atoms with van der Waals surface area (Å²) in [6.45, 7) is 3.47. The van der Waals surface area contributed by atoms with E-state index in [1.165, 1.54) is 12.3 Å². The number of nitrogens with zero attached hydrogens (tertiary/aromatic N) is 1. The number of rotatable bonds is 4. The van der Waals surface area contributed by atoms with Gasteiger partial charge in [0, 0.05) is 12.7 Å². The zero-order chi connectivity index (χ0) is 11.5. The van der Waals surface area contributed by atoms with Crippen LogP contribution < -0.4 is 5.48 Å². The van der Waals surface area contributed by atoms with Crippen molar-refractivity contribution in [3.63, 3.8) is 0 Å². The lowest BCUT2D eigenvalue weighted by Crippen LogP contribution is -2.15. The number of pyridine rings is 1. The average molecular weight is 230 g/mol. The number of hydrogen-bond donors (Lipinski definition) is 2. The van der Waals surface area contributed by atoms with E-state index in [1.54, 1.807) is 19.9 Å². The van der Waals surface area contributed by atoms with Crippen molar-refractivity contribution in [1.82, 2.24) is 10.5 Å². The molecular weight excluding hydrogens is 216 g/mol. The molecule has 15 heavy (non-hydrogen) atoms. The van der Waals surface area contributed by atoms with E-state index in [9.17, 15) is 8.42 Å². The Morgan fingerprint density at radius 2 is 2.13 bits per heavy atom. The molecule has 6 heteroatoms. The molecule has 84 valence electrons. The van der Waals surface area contributed by atoms with E-state index >= 15 is 0 Å². The molecule has 0 atom stereocenters. The molecular formula is C9H14N2O3S. The van der Waals surface area contributed by atoms with Gasteiger partial charge < -0.3 is 5.21 Å². The topological polar surface area (TPSA) is 79.3 Å². The Balaban J connectivity index is 2.99. The molecule has 1 aromatic heterocycles. The second-order valence-electron chi connectivity index (χ2n) is 3.43. The molecule has 0 unspecified atom stereocenters. The summed E-state index contributed by atoms with van der Waals surface area (Å²) in [5, 5.41) is 8.03. The first-order valence-corrected chi connectivity index (χ1v) is 6.09. The van der Waals surface area contributed by atoms with E-state index < -0.39 is 15.1 Å². The highest BCUT2D eigenvalue weighted by Gasteiger charge is 2.20. The van der Waals surface area contributed by atoms with Gasteiger partial charge >= 0.3 is 0 Å². The minimum Gasteiger partial charge on any atom is -0.316 e. The van der Waals surface area contributed by atoms with E-state index in [1.807, 2.05) is 5.48 Å². The van der Waals surface area contributed by atoms with Gasteiger partial charge in [-0.05, 0) is 25.5 Å². The minimum atomic E-state index is -3.30. The summed E-state index contributed by atoms with van der Waals surface area (Å²) in [5.74, 6) is 0. The van der Waals surface area contributed by atoms with Crippen LogP contribution in [0.15, 0.2) is 23.4 Å². The first kappa shape index (κ1) is 12.1. The van der Waals surface area contributed by atoms with E-state index in [-0.39, 0.29) is 11.6 Å². The summed E-state index contributed by atoms with van der Waals surface area (Å²) in [7, 11) is -3.30. The molecule has 0 saturated heterocycles. The molecule has 0 amide bonds. The number of sulfone groups is 1. The van der Waals surface area contributed by atoms with Gasteiger partial charge in [-0.2, -0.15) is 0 Å². The van der Waals surface area contributed by atoms with Gasteiger partial charge in [-0.1, -0.05) is 6.07 Å². The fourth-order valence-electron chi connectivity index (χ4n) is 1.02. The van der Waals surface area contributed by atoms with Crippen LogP contribution in [0.25, 0.3) is 0 Å². The van der Waals surface area contributed by atoms with Crippen LogP contribution in [0.2, 0.25) is 0 Å². The summed E-state index contributed by atoms with van der Waals surface area (Å²) in [5.41, 5.74) is 2.70. The predicted molar refractivity (Wildman–Crippen MR) is 55.2 cm³/mol. The summed E-state index contributed by atoms with van der Waals surface area (Å²) in [6.07, 6.45) is 1.43. The Morgan fingerprint density at radius 3 is 2.53 bits per heavy atom. The van der Waals surface area contributed by atoms with Crippen molar-refractivity contribution >= 4 is 9.84 Å². The van der Waals surface area contributed by atoms with Crippen molar-refractivity contribution in [2.45, 2.75) is 30.7 Å². The standard InChI is InChI=1S/C9H14N2O3S/c1-7(2)15(13,14)9-4-3-8(5-10-9)6-11-12/h3-5,7,11-12H,6H2,1-2H3. The van der Waals surface area contributed by atoms with Gasteiger partial charge in [-0.25, -0.2) is 18.9 Å². The Bertz CT molecular complexity index is 411. The number of hydrogen-bond acceptors (Lipinski definition) is 5. The van der Waals surface area contributed by atoms with Gasteiger partial charge in [0.1, 0.15) is 0 Å². The van der Waals surface area contributed by atoms with Gasteiger partial charge in [-0.3, -0.25) is 0 Å². The highest BCUT2D eigenvalue weighted by Crippen LogP contribution is 2.13. The van der Waals surface area contributed by atoms with Crippen molar-refractivity contribution < 1.29 is 13.6 Å². The second-order valence-corrected chi connectivity index (χ2v) is 5.88. The average Bonchev–Trinajstić information content (AvgIpc) is 2.19. The first-order valence-electron chi connectivity index (χ1n) is 4.54. The van der Waals surface area contributed by atoms with Crippen LogP contribution in [-0.4, -0.2) is 23.9 Å². The smallest absolute Gasteiger partial charge is 0.197 e. The predicted octanol–water partition coefficient (Wildman–Crippen LogP) is 0.743. The lowest BCUT2D eigenvalue weighted by atomic mass is 10.3. The first-order chi connectivity index (χ1) is 6.98. The molecule has 0 aliphatic rings. The molecule has 0 radical (unpaired) electrons. The molecule has 0 aliphatic heterocycles. The fourth-order valence-corrected chi connectivity index (χ4v) is 1.96. The third-order valence-electron chi connectivity index (χ3n) is 1.99. The van der Waals surface area contributed by atoms with Gasteiger partial charge in [-0.15, -0.1) is 0 Å². The molecule has 5 nitrogen and oxygen atoms in total. The highest BCUT2D eigenvalue weighted by atomic mass is 32.2. The number of hydroxylamine groups is 1. The molecule has 0 bridgehead atoms. The Hall–Kier alpha value is -0.980. The normalized spacial score (nSPS) is 12.0. The molecule has 2 N–H and O–H groups in total. The maximum absolute atomic E-state index is 11.7. The maximum atomic E-state index is 11.7. The largest absolute Gasteiger partial charge is 0.316 e. The zero-order valence-corrected chi connectivity index (χ0v) is 9.45. The SMILES string of the molecule is CC(C)S(=O)(=O)c1ccc(CNO)cn1. The van der Waals surface area contributed by atoms with Crippen molar-refractivity contribution in [3.05, 3.63) is 23.9 Å². The van der Waals surface area contributed by atoms with Crippen LogP contribution in [0.3, 0.4) is 0 Å². The van der Waals surface area contributed by atoms with Crippen LogP contribution >= 0.6 is 0 Å². The summed E-state index contributed by atoms with van der Waals surface area (Å²) in [4.78, 5) is 3.85. The van der Waals surface area contributed by atoms with Crippen molar-refractivity contribution in [1.29, 1.82) is 0 Å². The summed E-state index contributed by atoms with van der Waals surface area (Å²) in [6, 6.07) is 3.06. The van der Waals surface area contributed by atoms with Crippen LogP contribution in [0.4, 0.5) is 0 Å². The lowest BCUT2D eigenvalue weighted by molar-refractivity contribution is 0.161. The van der Waals surface area contributed by atoms with Gasteiger partial charge in [0.05, 0.1) is 5.25 Å². The van der Waals surface area contributed by atoms with Crippen molar-refractivity contribution in [3.8, 4) is 0 Å². The van der Waals surface area contributed by atoms with E-state index in [4.69, 9.17) is 5.21 Å². The van der Waals surface area contributed by atoms with E-state index in [2.05, 4.69) is 4.98 Å². The Kier molecular flexibility index (Phi) is 3.78. The number of aromatic nitrogens is 1.